The van der Waals surface area contributed by atoms with Crippen molar-refractivity contribution in [2.24, 2.45) is 0 Å². The van der Waals surface area contributed by atoms with Gasteiger partial charge in [-0.1, -0.05) is 17.7 Å². The zero-order chi connectivity index (χ0) is 11.8. The summed E-state index contributed by atoms with van der Waals surface area (Å²) in [6, 6.07) is 7.16. The number of rotatable bonds is 2. The SMILES string of the molecule is Fc1ccc(CC2CCc3[nH]ccc32)cc1Cl. The van der Waals surface area contributed by atoms with E-state index >= 15 is 0 Å². The summed E-state index contributed by atoms with van der Waals surface area (Å²) in [4.78, 5) is 3.27. The van der Waals surface area contributed by atoms with E-state index in [9.17, 15) is 4.39 Å². The summed E-state index contributed by atoms with van der Waals surface area (Å²) in [7, 11) is 0. The molecule has 3 heteroatoms. The molecule has 1 atom stereocenters. The molecule has 0 saturated carbocycles. The molecule has 1 aliphatic rings. The quantitative estimate of drug-likeness (QED) is 0.826. The van der Waals surface area contributed by atoms with Gasteiger partial charge < -0.3 is 4.98 Å². The van der Waals surface area contributed by atoms with Crippen LogP contribution in [0.1, 0.15) is 29.2 Å². The van der Waals surface area contributed by atoms with E-state index < -0.39 is 0 Å². The van der Waals surface area contributed by atoms with Gasteiger partial charge in [-0.2, -0.15) is 0 Å². The van der Waals surface area contributed by atoms with Crippen molar-refractivity contribution in [1.29, 1.82) is 0 Å². The lowest BCUT2D eigenvalue weighted by Crippen LogP contribution is -1.98. The Balaban J connectivity index is 1.82. The molecule has 0 amide bonds. The normalized spacial score (nSPS) is 18.4. The van der Waals surface area contributed by atoms with Crippen LogP contribution < -0.4 is 0 Å². The predicted octanol–water partition coefficient (Wildman–Crippen LogP) is 4.08. The molecule has 0 aliphatic heterocycles. The molecule has 1 unspecified atom stereocenters. The third-order valence-corrected chi connectivity index (χ3v) is 3.81. The molecule has 0 radical (unpaired) electrons. The molecule has 3 rings (SSSR count). The number of aryl methyl sites for hydroxylation is 1. The van der Waals surface area contributed by atoms with Gasteiger partial charge in [0.15, 0.2) is 0 Å². The van der Waals surface area contributed by atoms with Crippen molar-refractivity contribution >= 4 is 11.6 Å². The molecule has 1 aromatic carbocycles. The minimum atomic E-state index is -0.343. The Morgan fingerprint density at radius 3 is 3.06 bits per heavy atom. The minimum Gasteiger partial charge on any atom is -0.365 e. The zero-order valence-corrected chi connectivity index (χ0v) is 10.1. The van der Waals surface area contributed by atoms with Crippen molar-refractivity contribution in [3.8, 4) is 0 Å². The van der Waals surface area contributed by atoms with E-state index in [1.807, 2.05) is 12.3 Å². The maximum absolute atomic E-state index is 13.1. The van der Waals surface area contributed by atoms with E-state index in [0.717, 1.165) is 24.8 Å². The van der Waals surface area contributed by atoms with Gasteiger partial charge in [0, 0.05) is 11.9 Å². The van der Waals surface area contributed by atoms with Crippen molar-refractivity contribution in [2.45, 2.75) is 25.2 Å². The second-order valence-corrected chi connectivity index (χ2v) is 5.01. The Kier molecular flexibility index (Phi) is 2.67. The van der Waals surface area contributed by atoms with Crippen LogP contribution in [0.2, 0.25) is 5.02 Å². The van der Waals surface area contributed by atoms with Crippen LogP contribution >= 0.6 is 11.6 Å². The number of hydrogen-bond acceptors (Lipinski definition) is 0. The summed E-state index contributed by atoms with van der Waals surface area (Å²) >= 11 is 5.80. The fraction of sp³-hybridized carbons (Fsp3) is 0.286. The number of halogens is 2. The Morgan fingerprint density at radius 1 is 1.35 bits per heavy atom. The van der Waals surface area contributed by atoms with Crippen LogP contribution in [0, 0.1) is 5.82 Å². The number of aromatic amines is 1. The lowest BCUT2D eigenvalue weighted by Gasteiger charge is -2.10. The highest BCUT2D eigenvalue weighted by Crippen LogP contribution is 2.35. The summed E-state index contributed by atoms with van der Waals surface area (Å²) in [6.07, 6.45) is 5.21. The van der Waals surface area contributed by atoms with E-state index in [1.165, 1.54) is 17.3 Å². The summed E-state index contributed by atoms with van der Waals surface area (Å²) < 4.78 is 13.1. The van der Waals surface area contributed by atoms with Gasteiger partial charge in [-0.3, -0.25) is 0 Å². The first-order valence-electron chi connectivity index (χ1n) is 5.84. The number of fused-ring (bicyclic) bond motifs is 1. The molecule has 88 valence electrons. The van der Waals surface area contributed by atoms with Gasteiger partial charge in [0.25, 0.3) is 0 Å². The molecule has 2 aromatic rings. The molecule has 0 saturated heterocycles. The Morgan fingerprint density at radius 2 is 2.24 bits per heavy atom. The fourth-order valence-corrected chi connectivity index (χ4v) is 2.86. The largest absolute Gasteiger partial charge is 0.365 e. The Labute approximate surface area is 105 Å². The van der Waals surface area contributed by atoms with Gasteiger partial charge in [-0.25, -0.2) is 4.39 Å². The Hall–Kier alpha value is -1.28. The van der Waals surface area contributed by atoms with Crippen LogP contribution in [-0.2, 0) is 12.8 Å². The first-order valence-corrected chi connectivity index (χ1v) is 6.22. The lowest BCUT2D eigenvalue weighted by atomic mass is 9.95. The summed E-state index contributed by atoms with van der Waals surface area (Å²) in [6.45, 7) is 0. The van der Waals surface area contributed by atoms with E-state index in [1.54, 1.807) is 6.07 Å². The van der Waals surface area contributed by atoms with Crippen LogP contribution in [-0.4, -0.2) is 4.98 Å². The van der Waals surface area contributed by atoms with Gasteiger partial charge >= 0.3 is 0 Å². The summed E-state index contributed by atoms with van der Waals surface area (Å²) in [5.41, 5.74) is 3.86. The lowest BCUT2D eigenvalue weighted by molar-refractivity contribution is 0.624. The van der Waals surface area contributed by atoms with Gasteiger partial charge in [0.05, 0.1) is 5.02 Å². The summed E-state index contributed by atoms with van der Waals surface area (Å²) in [5, 5.41) is 0.217. The zero-order valence-electron chi connectivity index (χ0n) is 9.34. The molecule has 1 nitrogen and oxygen atoms in total. The summed E-state index contributed by atoms with van der Waals surface area (Å²) in [5.74, 6) is 0.196. The number of benzene rings is 1. The number of hydrogen-bond donors (Lipinski definition) is 1. The van der Waals surface area contributed by atoms with Gasteiger partial charge in [0.2, 0.25) is 0 Å². The van der Waals surface area contributed by atoms with Crippen molar-refractivity contribution < 1.29 is 4.39 Å². The number of H-pyrrole nitrogens is 1. The van der Waals surface area contributed by atoms with Gasteiger partial charge in [-0.05, 0) is 54.5 Å². The average molecular weight is 250 g/mol. The molecule has 0 bridgehead atoms. The van der Waals surface area contributed by atoms with E-state index in [0.29, 0.717) is 5.92 Å². The smallest absolute Gasteiger partial charge is 0.141 e. The number of aromatic nitrogens is 1. The second kappa shape index (κ2) is 4.19. The predicted molar refractivity (Wildman–Crippen MR) is 67.0 cm³/mol. The molecule has 1 aromatic heterocycles. The molecule has 0 spiro atoms. The van der Waals surface area contributed by atoms with Crippen molar-refractivity contribution in [2.75, 3.05) is 0 Å². The Bertz CT molecular complexity index is 547. The first kappa shape index (κ1) is 10.8. The molecule has 1 N–H and O–H groups in total. The third kappa shape index (κ3) is 1.98. The van der Waals surface area contributed by atoms with Crippen LogP contribution in [0.15, 0.2) is 30.5 Å². The van der Waals surface area contributed by atoms with E-state index in [4.69, 9.17) is 11.6 Å². The maximum atomic E-state index is 13.1. The molecular weight excluding hydrogens is 237 g/mol. The van der Waals surface area contributed by atoms with Crippen LogP contribution in [0.4, 0.5) is 4.39 Å². The van der Waals surface area contributed by atoms with Crippen LogP contribution in [0.3, 0.4) is 0 Å². The highest BCUT2D eigenvalue weighted by Gasteiger charge is 2.23. The second-order valence-electron chi connectivity index (χ2n) is 4.60. The van der Waals surface area contributed by atoms with E-state index in [2.05, 4.69) is 11.1 Å². The van der Waals surface area contributed by atoms with Gasteiger partial charge in [0.1, 0.15) is 5.82 Å². The monoisotopic (exact) mass is 249 g/mol. The van der Waals surface area contributed by atoms with Crippen molar-refractivity contribution in [1.82, 2.24) is 4.98 Å². The fourth-order valence-electron chi connectivity index (χ4n) is 2.65. The van der Waals surface area contributed by atoms with Gasteiger partial charge in [-0.15, -0.1) is 0 Å². The van der Waals surface area contributed by atoms with E-state index in [-0.39, 0.29) is 10.8 Å². The maximum Gasteiger partial charge on any atom is 0.141 e. The van der Waals surface area contributed by atoms with Crippen LogP contribution in [0.5, 0.6) is 0 Å². The highest BCUT2D eigenvalue weighted by atomic mass is 35.5. The topological polar surface area (TPSA) is 15.8 Å². The molecule has 1 aliphatic carbocycles. The standard InChI is InChI=1S/C14H13ClFN/c15-12-8-9(1-3-13(12)16)7-10-2-4-14-11(10)5-6-17-14/h1,3,5-6,8,10,17H,2,4,7H2. The van der Waals surface area contributed by atoms with Crippen molar-refractivity contribution in [3.63, 3.8) is 0 Å². The van der Waals surface area contributed by atoms with Crippen molar-refractivity contribution in [3.05, 3.63) is 58.1 Å². The minimum absolute atomic E-state index is 0.217. The molecular formula is C14H13ClFN. The molecule has 1 heterocycles. The first-order chi connectivity index (χ1) is 8.24. The number of nitrogens with one attached hydrogen (secondary N) is 1. The molecule has 0 fully saturated rings. The molecule has 17 heavy (non-hydrogen) atoms. The highest BCUT2D eigenvalue weighted by molar-refractivity contribution is 6.30. The third-order valence-electron chi connectivity index (χ3n) is 3.52. The average Bonchev–Trinajstić information content (AvgIpc) is 2.88. The van der Waals surface area contributed by atoms with Crippen LogP contribution in [0.25, 0.3) is 0 Å².